The van der Waals surface area contributed by atoms with E-state index in [1.807, 2.05) is 67.6 Å². The van der Waals surface area contributed by atoms with E-state index in [4.69, 9.17) is 14.2 Å². The average Bonchev–Trinajstić information content (AvgIpc) is 2.96. The van der Waals surface area contributed by atoms with Crippen LogP contribution in [0, 0.1) is 5.92 Å². The second kappa shape index (κ2) is 8.09. The normalized spacial score (nSPS) is 35.3. The van der Waals surface area contributed by atoms with Gasteiger partial charge in [-0.3, -0.25) is 0 Å². The van der Waals surface area contributed by atoms with Gasteiger partial charge in [-0.15, -0.1) is 0 Å². The topological polar surface area (TPSA) is 68.2 Å². The van der Waals surface area contributed by atoms with Crippen LogP contribution in [0.25, 0.3) is 0 Å². The van der Waals surface area contributed by atoms with Gasteiger partial charge in [-0.1, -0.05) is 67.6 Å². The lowest BCUT2D eigenvalue weighted by Gasteiger charge is -2.40. The van der Waals surface area contributed by atoms with Gasteiger partial charge in [0.2, 0.25) is 0 Å². The van der Waals surface area contributed by atoms with E-state index in [2.05, 4.69) is 0 Å². The lowest BCUT2D eigenvalue weighted by Crippen LogP contribution is -2.52. The molecule has 2 aliphatic heterocycles. The van der Waals surface area contributed by atoms with Gasteiger partial charge in [0, 0.05) is 5.92 Å². The molecule has 0 aliphatic carbocycles. The number of benzene rings is 2. The van der Waals surface area contributed by atoms with Crippen LogP contribution in [0.3, 0.4) is 0 Å². The van der Waals surface area contributed by atoms with Crippen molar-refractivity contribution < 1.29 is 24.4 Å². The highest BCUT2D eigenvalue weighted by atomic mass is 16.6. The molecular formula is C22H26O5. The maximum absolute atomic E-state index is 10.4. The van der Waals surface area contributed by atoms with Crippen LogP contribution >= 0.6 is 0 Å². The molecule has 4 rings (SSSR count). The summed E-state index contributed by atoms with van der Waals surface area (Å²) in [6.07, 6.45) is -3.73. The first-order valence-electron chi connectivity index (χ1n) is 9.48. The molecule has 2 bridgehead atoms. The molecule has 144 valence electrons. The highest BCUT2D eigenvalue weighted by molar-refractivity contribution is 5.15. The Morgan fingerprint density at radius 2 is 1.15 bits per heavy atom. The van der Waals surface area contributed by atoms with Crippen LogP contribution in [-0.4, -0.2) is 46.8 Å². The van der Waals surface area contributed by atoms with Gasteiger partial charge in [0.05, 0.1) is 25.4 Å². The highest BCUT2D eigenvalue weighted by Crippen LogP contribution is 2.40. The monoisotopic (exact) mass is 370 g/mol. The Kier molecular flexibility index (Phi) is 5.57. The molecule has 5 nitrogen and oxygen atoms in total. The molecular weight excluding hydrogens is 344 g/mol. The van der Waals surface area contributed by atoms with Crippen molar-refractivity contribution in [3.8, 4) is 0 Å². The number of rotatable bonds is 6. The summed E-state index contributed by atoms with van der Waals surface area (Å²) in [5.74, 6) is -0.0204. The summed E-state index contributed by atoms with van der Waals surface area (Å²) in [5, 5.41) is 20.9. The zero-order valence-corrected chi connectivity index (χ0v) is 15.3. The molecule has 0 spiro atoms. The molecule has 5 heteroatoms. The van der Waals surface area contributed by atoms with E-state index in [1.54, 1.807) is 0 Å². The van der Waals surface area contributed by atoms with Gasteiger partial charge in [-0.2, -0.15) is 0 Å². The molecule has 0 aromatic heterocycles. The third-order valence-corrected chi connectivity index (χ3v) is 5.59. The summed E-state index contributed by atoms with van der Waals surface area (Å²) in [5.41, 5.74) is 2.11. The van der Waals surface area contributed by atoms with Crippen LogP contribution in [0.4, 0.5) is 0 Å². The third kappa shape index (κ3) is 3.79. The maximum atomic E-state index is 10.4. The minimum atomic E-state index is -0.969. The summed E-state index contributed by atoms with van der Waals surface area (Å²) < 4.78 is 18.2. The second-order valence-electron chi connectivity index (χ2n) is 7.43. The van der Waals surface area contributed by atoms with Gasteiger partial charge in [-0.25, -0.2) is 0 Å². The molecule has 7 atom stereocenters. The van der Waals surface area contributed by atoms with Crippen molar-refractivity contribution >= 4 is 0 Å². The van der Waals surface area contributed by atoms with Crippen LogP contribution in [0.15, 0.2) is 60.7 Å². The Balaban J connectivity index is 1.47. The SMILES string of the molecule is CC1[C@@H](OCc2ccccc2)[C@@H]2O[C@@H]([C@@H](O)[C@H]2O)[C@H]1OCc1ccccc1. The van der Waals surface area contributed by atoms with Crippen molar-refractivity contribution in [1.29, 1.82) is 0 Å². The lowest BCUT2D eigenvalue weighted by molar-refractivity contribution is -0.213. The number of aliphatic hydroxyl groups is 2. The number of ether oxygens (including phenoxy) is 3. The van der Waals surface area contributed by atoms with E-state index >= 15 is 0 Å². The Hall–Kier alpha value is -1.76. The van der Waals surface area contributed by atoms with E-state index < -0.39 is 24.4 Å². The molecule has 2 aromatic carbocycles. The largest absolute Gasteiger partial charge is 0.387 e. The van der Waals surface area contributed by atoms with Crippen molar-refractivity contribution in [2.45, 2.75) is 56.8 Å². The minimum absolute atomic E-state index is 0.0204. The van der Waals surface area contributed by atoms with Crippen molar-refractivity contribution in [3.05, 3.63) is 71.8 Å². The van der Waals surface area contributed by atoms with E-state index in [1.165, 1.54) is 0 Å². The second-order valence-corrected chi connectivity index (χ2v) is 7.43. The van der Waals surface area contributed by atoms with Crippen molar-refractivity contribution in [3.63, 3.8) is 0 Å². The van der Waals surface area contributed by atoms with E-state index in [0.29, 0.717) is 13.2 Å². The van der Waals surface area contributed by atoms with Crippen molar-refractivity contribution in [2.75, 3.05) is 0 Å². The Morgan fingerprint density at radius 3 is 1.56 bits per heavy atom. The van der Waals surface area contributed by atoms with Gasteiger partial charge in [0.15, 0.2) is 0 Å². The predicted octanol–water partition coefficient (Wildman–Crippen LogP) is 2.30. The van der Waals surface area contributed by atoms with Gasteiger partial charge in [0.1, 0.15) is 24.4 Å². The molecule has 2 N–H and O–H groups in total. The Labute approximate surface area is 159 Å². The van der Waals surface area contributed by atoms with Crippen LogP contribution in [0.2, 0.25) is 0 Å². The first-order valence-corrected chi connectivity index (χ1v) is 9.48. The van der Waals surface area contributed by atoms with Gasteiger partial charge in [-0.05, 0) is 11.1 Å². The number of hydrogen-bond donors (Lipinski definition) is 2. The van der Waals surface area contributed by atoms with Gasteiger partial charge >= 0.3 is 0 Å². The molecule has 2 aromatic rings. The molecule has 27 heavy (non-hydrogen) atoms. The summed E-state index contributed by atoms with van der Waals surface area (Å²) >= 11 is 0. The molecule has 2 saturated heterocycles. The Bertz CT molecular complexity index is 660. The fourth-order valence-electron chi connectivity index (χ4n) is 4.09. The highest BCUT2D eigenvalue weighted by Gasteiger charge is 2.58. The molecule has 0 amide bonds. The quantitative estimate of drug-likeness (QED) is 0.817. The zero-order valence-electron chi connectivity index (χ0n) is 15.3. The molecule has 2 fully saturated rings. The first kappa shape index (κ1) is 18.6. The fourth-order valence-corrected chi connectivity index (χ4v) is 4.09. The summed E-state index contributed by atoms with van der Waals surface area (Å²) in [4.78, 5) is 0. The van der Waals surface area contributed by atoms with Crippen LogP contribution in [0.5, 0.6) is 0 Å². The van der Waals surface area contributed by atoms with Crippen LogP contribution in [-0.2, 0) is 27.4 Å². The summed E-state index contributed by atoms with van der Waals surface area (Å²) in [6, 6.07) is 19.8. The fraction of sp³-hybridized carbons (Fsp3) is 0.455. The minimum Gasteiger partial charge on any atom is -0.387 e. The first-order chi connectivity index (χ1) is 13.1. The number of fused-ring (bicyclic) bond motifs is 2. The smallest absolute Gasteiger partial charge is 0.113 e. The van der Waals surface area contributed by atoms with E-state index in [9.17, 15) is 10.2 Å². The van der Waals surface area contributed by atoms with Crippen molar-refractivity contribution in [1.82, 2.24) is 0 Å². The third-order valence-electron chi connectivity index (χ3n) is 5.59. The van der Waals surface area contributed by atoms with Crippen molar-refractivity contribution in [2.24, 2.45) is 5.92 Å². The van der Waals surface area contributed by atoms with Gasteiger partial charge in [0.25, 0.3) is 0 Å². The van der Waals surface area contributed by atoms with Gasteiger partial charge < -0.3 is 24.4 Å². The molecule has 0 radical (unpaired) electrons. The van der Waals surface area contributed by atoms with Crippen LogP contribution < -0.4 is 0 Å². The molecule has 2 heterocycles. The molecule has 1 unspecified atom stereocenters. The molecule has 0 saturated carbocycles. The standard InChI is InChI=1S/C22H26O5/c1-14-19(25-12-15-8-4-2-5-9-15)21-17(23)18(24)22(27-21)20(14)26-13-16-10-6-3-7-11-16/h2-11,14,17-24H,12-13H2,1H3/t14?,17-,18+,19-,20+,21-,22+. The maximum Gasteiger partial charge on any atom is 0.113 e. The summed E-state index contributed by atoms with van der Waals surface area (Å²) in [6.45, 7) is 2.89. The lowest BCUT2D eigenvalue weighted by atomic mass is 9.91. The summed E-state index contributed by atoms with van der Waals surface area (Å²) in [7, 11) is 0. The zero-order chi connectivity index (χ0) is 18.8. The number of hydrogen-bond acceptors (Lipinski definition) is 5. The Morgan fingerprint density at radius 1 is 0.741 bits per heavy atom. The van der Waals surface area contributed by atoms with E-state index in [-0.39, 0.29) is 18.1 Å². The predicted molar refractivity (Wildman–Crippen MR) is 99.9 cm³/mol. The average molecular weight is 370 g/mol. The van der Waals surface area contributed by atoms with E-state index in [0.717, 1.165) is 11.1 Å². The number of aliphatic hydroxyl groups excluding tert-OH is 2. The molecule has 2 aliphatic rings. The van der Waals surface area contributed by atoms with Crippen LogP contribution in [0.1, 0.15) is 18.1 Å².